The number of aliphatic hydroxyl groups is 1. The fourth-order valence-corrected chi connectivity index (χ4v) is 3.28. The minimum atomic E-state index is -0.0285. The van der Waals surface area contributed by atoms with E-state index in [0.29, 0.717) is 36.5 Å². The Balaban J connectivity index is 1.60. The molecule has 2 aromatic rings. The number of aliphatic hydroxyl groups excluding tert-OH is 1. The summed E-state index contributed by atoms with van der Waals surface area (Å²) < 4.78 is 5.98. The van der Waals surface area contributed by atoms with Crippen LogP contribution in [0.1, 0.15) is 47.8 Å². The van der Waals surface area contributed by atoms with Gasteiger partial charge in [0, 0.05) is 31.2 Å². The van der Waals surface area contributed by atoms with Gasteiger partial charge >= 0.3 is 0 Å². The van der Waals surface area contributed by atoms with E-state index in [1.165, 1.54) is 0 Å². The highest BCUT2D eigenvalue weighted by Gasteiger charge is 2.36. The number of likely N-dealkylation sites (tertiary alicyclic amines) is 1. The number of oxazole rings is 1. The average molecular weight is 326 g/mol. The zero-order valence-electron chi connectivity index (χ0n) is 13.6. The van der Waals surface area contributed by atoms with Crippen LogP contribution in [0.2, 0.25) is 0 Å². The first-order valence-electron chi connectivity index (χ1n) is 8.72. The maximum Gasteiger partial charge on any atom is 0.276 e. The summed E-state index contributed by atoms with van der Waals surface area (Å²) in [5.41, 5.74) is 1.39. The summed E-state index contributed by atoms with van der Waals surface area (Å²) >= 11 is 0. The van der Waals surface area contributed by atoms with Crippen molar-refractivity contribution in [2.75, 3.05) is 19.7 Å². The van der Waals surface area contributed by atoms with E-state index in [1.54, 1.807) is 0 Å². The third kappa shape index (κ3) is 2.96. The smallest absolute Gasteiger partial charge is 0.276 e. The summed E-state index contributed by atoms with van der Waals surface area (Å²) in [5, 5.41) is 9.26. The van der Waals surface area contributed by atoms with E-state index in [-0.39, 0.29) is 12.5 Å². The van der Waals surface area contributed by atoms with E-state index in [2.05, 4.69) is 4.98 Å². The van der Waals surface area contributed by atoms with Gasteiger partial charge in [-0.2, -0.15) is 0 Å². The topological polar surface area (TPSA) is 66.6 Å². The fraction of sp³-hybridized carbons (Fsp3) is 0.474. The van der Waals surface area contributed by atoms with Crippen molar-refractivity contribution in [3.8, 4) is 11.5 Å². The lowest BCUT2D eigenvalue weighted by Gasteiger charge is -2.30. The van der Waals surface area contributed by atoms with Gasteiger partial charge in [0.2, 0.25) is 5.89 Å². The van der Waals surface area contributed by atoms with Crippen LogP contribution in [0, 0.1) is 5.92 Å². The predicted molar refractivity (Wildman–Crippen MR) is 89.6 cm³/mol. The molecule has 24 heavy (non-hydrogen) atoms. The molecule has 1 saturated heterocycles. The molecule has 0 unspecified atom stereocenters. The van der Waals surface area contributed by atoms with Crippen LogP contribution in [0.5, 0.6) is 0 Å². The van der Waals surface area contributed by atoms with Gasteiger partial charge in [0.15, 0.2) is 5.69 Å². The Morgan fingerprint density at radius 1 is 1.17 bits per heavy atom. The van der Waals surface area contributed by atoms with Crippen molar-refractivity contribution in [1.82, 2.24) is 9.88 Å². The normalized spacial score (nSPS) is 18.8. The maximum atomic E-state index is 12.9. The van der Waals surface area contributed by atoms with Gasteiger partial charge in [-0.05, 0) is 43.7 Å². The Kier molecular flexibility index (Phi) is 4.10. The largest absolute Gasteiger partial charge is 0.440 e. The van der Waals surface area contributed by atoms with E-state index in [1.807, 2.05) is 35.2 Å². The average Bonchev–Trinajstić information content (AvgIpc) is 3.40. The molecule has 126 valence electrons. The van der Waals surface area contributed by atoms with Crippen molar-refractivity contribution >= 4 is 5.91 Å². The Morgan fingerprint density at radius 2 is 1.88 bits per heavy atom. The first-order chi connectivity index (χ1) is 11.8. The molecule has 1 N–H and O–H groups in total. The number of hydrogen-bond acceptors (Lipinski definition) is 4. The van der Waals surface area contributed by atoms with Gasteiger partial charge in [0.05, 0.1) is 0 Å². The number of piperidine rings is 1. The third-order valence-corrected chi connectivity index (χ3v) is 4.98. The van der Waals surface area contributed by atoms with Crippen LogP contribution in [0.15, 0.2) is 34.7 Å². The molecule has 0 spiro atoms. The number of carbonyl (C=O) groups excluding carboxylic acids is 1. The van der Waals surface area contributed by atoms with Crippen LogP contribution in [0.25, 0.3) is 11.5 Å². The van der Waals surface area contributed by atoms with E-state index < -0.39 is 0 Å². The summed E-state index contributed by atoms with van der Waals surface area (Å²) in [6, 6.07) is 9.73. The standard InChI is InChI=1S/C19H22N2O3/c22-12-13-8-10-21(11-9-13)19(23)16-17(14-6-7-14)24-18(20-16)15-4-2-1-3-5-15/h1-5,13-14,22H,6-12H2. The molecule has 1 aliphatic heterocycles. The van der Waals surface area contributed by atoms with Crippen LogP contribution in [-0.2, 0) is 0 Å². The first kappa shape index (κ1) is 15.4. The van der Waals surface area contributed by atoms with Crippen LogP contribution in [0.3, 0.4) is 0 Å². The number of carbonyl (C=O) groups is 1. The highest BCUT2D eigenvalue weighted by atomic mass is 16.4. The minimum absolute atomic E-state index is 0.0285. The second-order valence-electron chi connectivity index (χ2n) is 6.79. The Hall–Kier alpha value is -2.14. The summed E-state index contributed by atoms with van der Waals surface area (Å²) in [4.78, 5) is 19.3. The van der Waals surface area contributed by atoms with Gasteiger partial charge in [-0.15, -0.1) is 0 Å². The predicted octanol–water partition coefficient (Wildman–Crippen LogP) is 3.06. The zero-order valence-corrected chi connectivity index (χ0v) is 13.6. The molecule has 0 atom stereocenters. The number of benzene rings is 1. The lowest BCUT2D eigenvalue weighted by Crippen LogP contribution is -2.39. The maximum absolute atomic E-state index is 12.9. The van der Waals surface area contributed by atoms with Crippen molar-refractivity contribution in [1.29, 1.82) is 0 Å². The van der Waals surface area contributed by atoms with E-state index in [4.69, 9.17) is 4.42 Å². The molecule has 0 bridgehead atoms. The van der Waals surface area contributed by atoms with Gasteiger partial charge < -0.3 is 14.4 Å². The van der Waals surface area contributed by atoms with Crippen LogP contribution in [-0.4, -0.2) is 40.6 Å². The molecular formula is C19H22N2O3. The van der Waals surface area contributed by atoms with Crippen molar-refractivity contribution in [2.45, 2.75) is 31.6 Å². The van der Waals surface area contributed by atoms with Crippen molar-refractivity contribution in [2.24, 2.45) is 5.92 Å². The molecule has 1 amide bonds. The number of aromatic nitrogens is 1. The molecule has 1 aliphatic carbocycles. The van der Waals surface area contributed by atoms with E-state index >= 15 is 0 Å². The van der Waals surface area contributed by atoms with Gasteiger partial charge in [0.25, 0.3) is 5.91 Å². The second-order valence-corrected chi connectivity index (χ2v) is 6.79. The Bertz CT molecular complexity index is 713. The van der Waals surface area contributed by atoms with Crippen molar-refractivity contribution < 1.29 is 14.3 Å². The molecule has 0 radical (unpaired) electrons. The van der Waals surface area contributed by atoms with Gasteiger partial charge in [-0.1, -0.05) is 18.2 Å². The zero-order chi connectivity index (χ0) is 16.5. The molecule has 1 aromatic heterocycles. The van der Waals surface area contributed by atoms with Gasteiger partial charge in [0.1, 0.15) is 5.76 Å². The molecule has 5 heteroatoms. The summed E-state index contributed by atoms with van der Waals surface area (Å²) in [5.74, 6) is 1.91. The third-order valence-electron chi connectivity index (χ3n) is 4.98. The van der Waals surface area contributed by atoms with Gasteiger partial charge in [-0.3, -0.25) is 4.79 Å². The van der Waals surface area contributed by atoms with Crippen molar-refractivity contribution in [3.63, 3.8) is 0 Å². The summed E-state index contributed by atoms with van der Waals surface area (Å²) in [6.07, 6.45) is 3.83. The van der Waals surface area contributed by atoms with Crippen molar-refractivity contribution in [3.05, 3.63) is 41.8 Å². The monoisotopic (exact) mass is 326 g/mol. The first-order valence-corrected chi connectivity index (χ1v) is 8.72. The summed E-state index contributed by atoms with van der Waals surface area (Å²) in [6.45, 7) is 1.57. The number of amides is 1. The van der Waals surface area contributed by atoms with E-state index in [0.717, 1.165) is 37.0 Å². The quantitative estimate of drug-likeness (QED) is 0.938. The molecule has 2 fully saturated rings. The fourth-order valence-electron chi connectivity index (χ4n) is 3.28. The SMILES string of the molecule is O=C(c1nc(-c2ccccc2)oc1C1CC1)N1CCC(CO)CC1. The minimum Gasteiger partial charge on any atom is -0.440 e. The lowest BCUT2D eigenvalue weighted by atomic mass is 9.97. The molecule has 1 aromatic carbocycles. The van der Waals surface area contributed by atoms with Crippen LogP contribution < -0.4 is 0 Å². The highest BCUT2D eigenvalue weighted by molar-refractivity contribution is 5.94. The molecule has 1 saturated carbocycles. The number of rotatable bonds is 4. The van der Waals surface area contributed by atoms with Crippen LogP contribution >= 0.6 is 0 Å². The second kappa shape index (κ2) is 6.40. The molecule has 2 heterocycles. The Labute approximate surface area is 141 Å². The lowest BCUT2D eigenvalue weighted by molar-refractivity contribution is 0.0643. The molecular weight excluding hydrogens is 304 g/mol. The number of nitrogens with zero attached hydrogens (tertiary/aromatic N) is 2. The van der Waals surface area contributed by atoms with E-state index in [9.17, 15) is 9.90 Å². The molecule has 5 nitrogen and oxygen atoms in total. The molecule has 2 aliphatic rings. The van der Waals surface area contributed by atoms with Crippen LogP contribution in [0.4, 0.5) is 0 Å². The van der Waals surface area contributed by atoms with Gasteiger partial charge in [-0.25, -0.2) is 4.98 Å². The highest BCUT2D eigenvalue weighted by Crippen LogP contribution is 2.43. The number of hydrogen-bond donors (Lipinski definition) is 1. The Morgan fingerprint density at radius 3 is 2.50 bits per heavy atom. The summed E-state index contributed by atoms with van der Waals surface area (Å²) in [7, 11) is 0. The molecule has 4 rings (SSSR count).